The van der Waals surface area contributed by atoms with Gasteiger partial charge in [0.05, 0.1) is 27.0 Å². The summed E-state index contributed by atoms with van der Waals surface area (Å²) < 4.78 is 46.1. The maximum absolute atomic E-state index is 14.3. The molecule has 6 nitrogen and oxygen atoms in total. The summed E-state index contributed by atoms with van der Waals surface area (Å²) in [4.78, 5) is 9.45. The van der Waals surface area contributed by atoms with Crippen LogP contribution in [0.2, 0.25) is 0 Å². The van der Waals surface area contributed by atoms with Gasteiger partial charge in [0.25, 0.3) is 0 Å². The van der Waals surface area contributed by atoms with Crippen molar-refractivity contribution in [3.63, 3.8) is 0 Å². The summed E-state index contributed by atoms with van der Waals surface area (Å²) >= 11 is 1.35. The Morgan fingerprint density at radius 1 is 0.971 bits per heavy atom. The lowest BCUT2D eigenvalue weighted by Crippen LogP contribution is -2.18. The van der Waals surface area contributed by atoms with Crippen LogP contribution in [0.1, 0.15) is 5.69 Å². The molecule has 0 saturated heterocycles. The van der Waals surface area contributed by atoms with Gasteiger partial charge in [0.1, 0.15) is 11.5 Å². The van der Waals surface area contributed by atoms with Crippen molar-refractivity contribution in [2.24, 2.45) is 4.99 Å². The van der Waals surface area contributed by atoms with Crippen molar-refractivity contribution >= 4 is 17.0 Å². The van der Waals surface area contributed by atoms with E-state index in [4.69, 9.17) is 14.2 Å². The molecule has 0 unspecified atom stereocenters. The van der Waals surface area contributed by atoms with E-state index in [-0.39, 0.29) is 5.69 Å². The highest BCUT2D eigenvalue weighted by atomic mass is 32.1. The van der Waals surface area contributed by atoms with Crippen molar-refractivity contribution in [2.45, 2.75) is 13.0 Å². The molecule has 0 aliphatic carbocycles. The van der Waals surface area contributed by atoms with Crippen LogP contribution >= 0.6 is 11.3 Å². The maximum Gasteiger partial charge on any atom is 0.203 e. The monoisotopic (exact) mass is 483 g/mol. The summed E-state index contributed by atoms with van der Waals surface area (Å²) in [6, 6.07) is 12.8. The first-order valence-corrected chi connectivity index (χ1v) is 11.3. The number of pyridine rings is 1. The fourth-order valence-corrected chi connectivity index (χ4v) is 4.49. The first kappa shape index (κ1) is 23.4. The minimum absolute atomic E-state index is 0.0614. The van der Waals surface area contributed by atoms with Crippen LogP contribution < -0.4 is 19.0 Å². The van der Waals surface area contributed by atoms with Crippen molar-refractivity contribution in [1.29, 1.82) is 0 Å². The Morgan fingerprint density at radius 2 is 1.74 bits per heavy atom. The topological polar surface area (TPSA) is 57.9 Å². The number of hydrogen-bond donors (Lipinski definition) is 0. The summed E-state index contributed by atoms with van der Waals surface area (Å²) in [6.45, 7) is 0.536. The third-order valence-electron chi connectivity index (χ3n) is 5.20. The number of thiazole rings is 1. The summed E-state index contributed by atoms with van der Waals surface area (Å²) in [5, 5.41) is 1.93. The van der Waals surface area contributed by atoms with E-state index in [2.05, 4.69) is 9.98 Å². The molecular weight excluding hydrogens is 460 g/mol. The SMILES string of the molecule is COc1cc(-c2csc(=Nc3ccc(F)cc3F)n2CCc2ccccn2)cc(OC)c1OC. The van der Waals surface area contributed by atoms with Gasteiger partial charge >= 0.3 is 0 Å². The van der Waals surface area contributed by atoms with Crippen LogP contribution in [0.25, 0.3) is 11.3 Å². The molecule has 0 aliphatic rings. The van der Waals surface area contributed by atoms with Crippen LogP contribution in [0.15, 0.2) is 65.1 Å². The van der Waals surface area contributed by atoms with E-state index in [1.807, 2.05) is 40.3 Å². The smallest absolute Gasteiger partial charge is 0.203 e. The highest BCUT2D eigenvalue weighted by Crippen LogP contribution is 2.41. The molecule has 0 fully saturated rings. The largest absolute Gasteiger partial charge is 0.493 e. The van der Waals surface area contributed by atoms with Gasteiger partial charge in [0.15, 0.2) is 22.1 Å². The number of nitrogens with zero attached hydrogens (tertiary/aromatic N) is 3. The Bertz CT molecular complexity index is 1330. The number of methoxy groups -OCH3 is 3. The van der Waals surface area contributed by atoms with Gasteiger partial charge in [-0.2, -0.15) is 0 Å². The van der Waals surface area contributed by atoms with Crippen LogP contribution in [0, 0.1) is 11.6 Å². The number of benzene rings is 2. The van der Waals surface area contributed by atoms with E-state index in [9.17, 15) is 8.78 Å². The minimum atomic E-state index is -0.723. The average Bonchev–Trinajstić information content (AvgIpc) is 3.26. The molecule has 0 spiro atoms. The molecule has 34 heavy (non-hydrogen) atoms. The van der Waals surface area contributed by atoms with Gasteiger partial charge in [0.2, 0.25) is 5.75 Å². The molecule has 0 saturated carbocycles. The summed E-state index contributed by atoms with van der Waals surface area (Å²) in [5.74, 6) is 0.148. The zero-order valence-corrected chi connectivity index (χ0v) is 19.7. The lowest BCUT2D eigenvalue weighted by molar-refractivity contribution is 0.324. The Morgan fingerprint density at radius 3 is 2.35 bits per heavy atom. The van der Waals surface area contributed by atoms with Crippen LogP contribution in [-0.4, -0.2) is 30.9 Å². The average molecular weight is 484 g/mol. The van der Waals surface area contributed by atoms with Gasteiger partial charge in [-0.25, -0.2) is 13.8 Å². The van der Waals surface area contributed by atoms with Crippen molar-refractivity contribution < 1.29 is 23.0 Å². The lowest BCUT2D eigenvalue weighted by atomic mass is 10.1. The van der Waals surface area contributed by atoms with E-state index in [1.165, 1.54) is 23.5 Å². The van der Waals surface area contributed by atoms with Crippen molar-refractivity contribution in [2.75, 3.05) is 21.3 Å². The molecule has 0 bridgehead atoms. The second-order valence-corrected chi connectivity index (χ2v) is 8.08. The number of aryl methyl sites for hydroxylation is 1. The summed E-state index contributed by atoms with van der Waals surface area (Å²) in [5.41, 5.74) is 2.62. The second kappa shape index (κ2) is 10.5. The number of hydrogen-bond acceptors (Lipinski definition) is 6. The standard InChI is InChI=1S/C25H23F2N3O3S/c1-31-22-12-16(13-23(32-2)24(22)33-3)21-15-34-25(29-20-8-7-17(26)14-19(20)27)30(21)11-9-18-6-4-5-10-28-18/h4-8,10,12-15H,9,11H2,1-3H3. The first-order chi connectivity index (χ1) is 16.5. The molecule has 0 amide bonds. The molecule has 4 rings (SSSR count). The second-order valence-electron chi connectivity index (χ2n) is 7.25. The Kier molecular flexibility index (Phi) is 7.22. The zero-order valence-electron chi connectivity index (χ0n) is 18.9. The van der Waals surface area contributed by atoms with E-state index < -0.39 is 11.6 Å². The predicted octanol–water partition coefficient (Wildman–Crippen LogP) is 5.39. The van der Waals surface area contributed by atoms with E-state index >= 15 is 0 Å². The third-order valence-corrected chi connectivity index (χ3v) is 6.07. The van der Waals surface area contributed by atoms with Gasteiger partial charge in [-0.05, 0) is 36.4 Å². The molecular formula is C25H23F2N3O3S. The van der Waals surface area contributed by atoms with Crippen LogP contribution in [0.3, 0.4) is 0 Å². The molecule has 2 aromatic carbocycles. The Hall–Kier alpha value is -3.72. The van der Waals surface area contributed by atoms with E-state index in [0.717, 1.165) is 23.0 Å². The molecule has 0 N–H and O–H groups in total. The number of halogens is 2. The van der Waals surface area contributed by atoms with E-state index in [0.29, 0.717) is 35.0 Å². The van der Waals surface area contributed by atoms with Crippen molar-refractivity contribution in [3.05, 3.63) is 82.2 Å². The quantitative estimate of drug-likeness (QED) is 0.337. The van der Waals surface area contributed by atoms with Crippen LogP contribution in [0.5, 0.6) is 17.2 Å². The first-order valence-electron chi connectivity index (χ1n) is 10.4. The third kappa shape index (κ3) is 4.94. The van der Waals surface area contributed by atoms with E-state index in [1.54, 1.807) is 27.5 Å². The van der Waals surface area contributed by atoms with Crippen molar-refractivity contribution in [3.8, 4) is 28.5 Å². The zero-order chi connectivity index (χ0) is 24.1. The number of rotatable bonds is 8. The van der Waals surface area contributed by atoms with Gasteiger partial charge in [0, 0.05) is 41.9 Å². The summed E-state index contributed by atoms with van der Waals surface area (Å²) in [7, 11) is 4.66. The molecule has 4 aromatic rings. The highest BCUT2D eigenvalue weighted by Gasteiger charge is 2.17. The normalized spacial score (nSPS) is 11.5. The minimum Gasteiger partial charge on any atom is -0.493 e. The van der Waals surface area contributed by atoms with Gasteiger partial charge < -0.3 is 18.8 Å². The molecule has 2 aromatic heterocycles. The van der Waals surface area contributed by atoms with Gasteiger partial charge in [-0.3, -0.25) is 4.98 Å². The van der Waals surface area contributed by atoms with Gasteiger partial charge in [-0.15, -0.1) is 11.3 Å². The number of ether oxygens (including phenoxy) is 3. The predicted molar refractivity (Wildman–Crippen MR) is 127 cm³/mol. The Balaban J connectivity index is 1.85. The van der Waals surface area contributed by atoms with Crippen LogP contribution in [0.4, 0.5) is 14.5 Å². The molecule has 9 heteroatoms. The van der Waals surface area contributed by atoms with Gasteiger partial charge in [-0.1, -0.05) is 6.07 Å². The summed E-state index contributed by atoms with van der Waals surface area (Å²) in [6.07, 6.45) is 2.38. The molecule has 2 heterocycles. The molecule has 0 radical (unpaired) electrons. The fourth-order valence-electron chi connectivity index (χ4n) is 3.54. The maximum atomic E-state index is 14.3. The van der Waals surface area contributed by atoms with Crippen LogP contribution in [-0.2, 0) is 13.0 Å². The van der Waals surface area contributed by atoms with Crippen molar-refractivity contribution in [1.82, 2.24) is 9.55 Å². The Labute approximate surface area is 199 Å². The molecule has 0 aliphatic heterocycles. The number of aromatic nitrogens is 2. The fraction of sp³-hybridized carbons (Fsp3) is 0.200. The highest BCUT2D eigenvalue weighted by molar-refractivity contribution is 7.07. The molecule has 176 valence electrons. The lowest BCUT2D eigenvalue weighted by Gasteiger charge is -2.15. The molecule has 0 atom stereocenters.